The van der Waals surface area contributed by atoms with Crippen LogP contribution in [-0.2, 0) is 32.1 Å². The van der Waals surface area contributed by atoms with E-state index in [4.69, 9.17) is 9.47 Å². The SMILES string of the molecule is Cc1ncsc1-c1ccc(CNC(=O)[C@@H]2C[C@@H](O)CN2C(=O)[C@@H](NC(=O)COCCCCCCCOc2cc(F)c([C@@H]3c4[nH]c5ccccc5c4C[C@@H](C)N3CC(F)(F)CO)c(F)c2)C(C)(C)C)cc1. The van der Waals surface area contributed by atoms with Crippen molar-refractivity contribution in [3.63, 3.8) is 0 Å². The standard InChI is InChI=1S/C52H64F4N6O7S/c1-31-21-38-37-13-9-10-14-41(37)59-45(38)46(62(31)28-52(55,56)29-63)44-39(53)23-36(24-40(44)54)69-20-12-8-6-7-11-19-68-27-43(65)60-48(51(3,4)5)50(67)61-26-35(64)22-42(61)49(66)57-25-33-15-17-34(18-16-33)47-32(2)58-30-70-47/h9-10,13-18,23-24,30-31,35,42,46,48,59,63-64H,6-8,11-12,19-22,25-29H2,1-5H3,(H,57,66)(H,60,65)/t31-,35-,42+,46-,48-/m1/s1. The number of hydrogen-bond acceptors (Lipinski definition) is 10. The molecule has 70 heavy (non-hydrogen) atoms. The highest BCUT2D eigenvalue weighted by Crippen LogP contribution is 2.44. The van der Waals surface area contributed by atoms with E-state index in [0.717, 1.165) is 69.6 Å². The first-order chi connectivity index (χ1) is 33.3. The van der Waals surface area contributed by atoms with Crippen molar-refractivity contribution in [1.82, 2.24) is 30.4 Å². The lowest BCUT2D eigenvalue weighted by Gasteiger charge is -2.42. The molecular weight excluding hydrogens is 929 g/mol. The van der Waals surface area contributed by atoms with E-state index < -0.39 is 84.1 Å². The van der Waals surface area contributed by atoms with Gasteiger partial charge in [0.2, 0.25) is 17.7 Å². The number of unbranched alkanes of at least 4 members (excludes halogenated alkanes) is 4. The molecule has 13 nitrogen and oxygen atoms in total. The lowest BCUT2D eigenvalue weighted by molar-refractivity contribution is -0.144. The lowest BCUT2D eigenvalue weighted by Crippen LogP contribution is -2.58. The third kappa shape index (κ3) is 12.5. The van der Waals surface area contributed by atoms with E-state index in [2.05, 4.69) is 20.6 Å². The molecule has 0 radical (unpaired) electrons. The Morgan fingerprint density at radius 1 is 0.986 bits per heavy atom. The van der Waals surface area contributed by atoms with Crippen LogP contribution in [0.25, 0.3) is 21.3 Å². The summed E-state index contributed by atoms with van der Waals surface area (Å²) in [5.74, 6) is -6.72. The Kier molecular flexibility index (Phi) is 17.1. The van der Waals surface area contributed by atoms with E-state index in [9.17, 15) is 33.4 Å². The van der Waals surface area contributed by atoms with Crippen molar-refractivity contribution in [3.8, 4) is 16.2 Å². The molecule has 5 atom stereocenters. The summed E-state index contributed by atoms with van der Waals surface area (Å²) in [6.45, 7) is 7.24. The molecular formula is C52H64F4N6O7S. The monoisotopic (exact) mass is 992 g/mol. The van der Waals surface area contributed by atoms with Gasteiger partial charge in [0.05, 0.1) is 41.4 Å². The van der Waals surface area contributed by atoms with Crippen molar-refractivity contribution in [2.45, 2.75) is 122 Å². The number of aromatic nitrogens is 2. The van der Waals surface area contributed by atoms with Gasteiger partial charge in [-0.05, 0) is 61.3 Å². The third-order valence-electron chi connectivity index (χ3n) is 13.1. The molecule has 378 valence electrons. The predicted molar refractivity (Wildman–Crippen MR) is 259 cm³/mol. The second kappa shape index (κ2) is 22.8. The lowest BCUT2D eigenvalue weighted by atomic mass is 9.85. The van der Waals surface area contributed by atoms with E-state index in [0.29, 0.717) is 31.6 Å². The quantitative estimate of drug-likeness (QED) is 0.0362. The number of amides is 3. The highest BCUT2D eigenvalue weighted by atomic mass is 32.1. The smallest absolute Gasteiger partial charge is 0.283 e. The summed E-state index contributed by atoms with van der Waals surface area (Å²) in [7, 11) is 0. The minimum Gasteiger partial charge on any atom is -0.493 e. The van der Waals surface area contributed by atoms with Gasteiger partial charge in [-0.15, -0.1) is 11.3 Å². The fraction of sp³-hybridized carbons (Fsp3) is 0.500. The molecule has 0 unspecified atom stereocenters. The highest BCUT2D eigenvalue weighted by molar-refractivity contribution is 7.13. The molecule has 3 amide bonds. The number of aromatic amines is 1. The number of nitrogens with zero attached hydrogens (tertiary/aromatic N) is 3. The Morgan fingerprint density at radius 3 is 2.34 bits per heavy atom. The van der Waals surface area contributed by atoms with Gasteiger partial charge < -0.3 is 40.2 Å². The topological polar surface area (TPSA) is 169 Å². The number of carbonyl (C=O) groups is 3. The maximum atomic E-state index is 16.0. The molecule has 5 aromatic rings. The Balaban J connectivity index is 0.830. The Hall–Kier alpha value is -5.40. The van der Waals surface area contributed by atoms with Crippen LogP contribution in [0, 0.1) is 24.0 Å². The van der Waals surface area contributed by atoms with E-state index in [1.54, 1.807) is 23.8 Å². The van der Waals surface area contributed by atoms with Gasteiger partial charge in [-0.1, -0.05) is 82.5 Å². The number of thiazole rings is 1. The number of carbonyl (C=O) groups excluding carboxylic acids is 3. The molecule has 0 spiro atoms. The van der Waals surface area contributed by atoms with Crippen LogP contribution in [0.1, 0.15) is 100 Å². The number of halogens is 4. The van der Waals surface area contributed by atoms with Gasteiger partial charge >= 0.3 is 0 Å². The number of hydrogen-bond donors (Lipinski definition) is 5. The molecule has 1 fully saturated rings. The van der Waals surface area contributed by atoms with Crippen LogP contribution in [0.2, 0.25) is 0 Å². The zero-order chi connectivity index (χ0) is 50.3. The van der Waals surface area contributed by atoms with Crippen molar-refractivity contribution in [2.75, 3.05) is 39.5 Å². The van der Waals surface area contributed by atoms with E-state index in [1.807, 2.05) is 76.2 Å². The summed E-state index contributed by atoms with van der Waals surface area (Å²) in [5.41, 5.74) is 5.53. The number of rotatable bonds is 21. The summed E-state index contributed by atoms with van der Waals surface area (Å²) in [6, 6.07) is 13.7. The number of fused-ring (bicyclic) bond motifs is 3. The first kappa shape index (κ1) is 52.4. The zero-order valence-electron chi connectivity index (χ0n) is 40.3. The minimum absolute atomic E-state index is 0.0200. The van der Waals surface area contributed by atoms with Crippen LogP contribution in [0.3, 0.4) is 0 Å². The normalized spacial score (nSPS) is 19.0. The number of aryl methyl sites for hydroxylation is 1. The van der Waals surface area contributed by atoms with Crippen LogP contribution >= 0.6 is 11.3 Å². The van der Waals surface area contributed by atoms with Crippen LogP contribution in [-0.4, -0.2) is 117 Å². The second-order valence-electron chi connectivity index (χ2n) is 19.6. The number of H-pyrrole nitrogens is 1. The van der Waals surface area contributed by atoms with Gasteiger partial charge in [0.25, 0.3) is 5.92 Å². The summed E-state index contributed by atoms with van der Waals surface area (Å²) in [6.07, 6.45) is 3.14. The van der Waals surface area contributed by atoms with Crippen LogP contribution in [0.5, 0.6) is 5.75 Å². The largest absolute Gasteiger partial charge is 0.493 e. The minimum atomic E-state index is -3.50. The molecule has 2 aliphatic heterocycles. The summed E-state index contributed by atoms with van der Waals surface area (Å²) < 4.78 is 72.7. The van der Waals surface area contributed by atoms with Crippen LogP contribution < -0.4 is 15.4 Å². The molecule has 2 aromatic heterocycles. The average Bonchev–Trinajstić information content (AvgIpc) is 4.04. The van der Waals surface area contributed by atoms with Crippen molar-refractivity contribution in [3.05, 3.63) is 106 Å². The number of β-amino-alcohol motifs (C(OH)–C–C–N with tert-alkyl or cyclic N) is 1. The first-order valence-electron chi connectivity index (χ1n) is 23.9. The number of benzene rings is 3. The van der Waals surface area contributed by atoms with Gasteiger partial charge in [0.15, 0.2) is 0 Å². The molecule has 0 bridgehead atoms. The average molecular weight is 993 g/mol. The van der Waals surface area contributed by atoms with E-state index in [1.165, 1.54) is 9.80 Å². The maximum absolute atomic E-state index is 16.0. The maximum Gasteiger partial charge on any atom is 0.283 e. The zero-order valence-corrected chi connectivity index (χ0v) is 41.2. The van der Waals surface area contributed by atoms with Crippen molar-refractivity contribution < 1.29 is 51.6 Å². The van der Waals surface area contributed by atoms with Gasteiger partial charge in [-0.25, -0.2) is 22.5 Å². The van der Waals surface area contributed by atoms with Crippen molar-refractivity contribution in [2.24, 2.45) is 5.41 Å². The molecule has 18 heteroatoms. The summed E-state index contributed by atoms with van der Waals surface area (Å²) in [4.78, 5) is 51.8. The van der Waals surface area contributed by atoms with E-state index in [-0.39, 0.29) is 44.0 Å². The number of likely N-dealkylation sites (tertiary alicyclic amines) is 1. The second-order valence-corrected chi connectivity index (χ2v) is 20.5. The van der Waals surface area contributed by atoms with Crippen molar-refractivity contribution in [1.29, 1.82) is 0 Å². The Morgan fingerprint density at radius 2 is 1.67 bits per heavy atom. The number of nitrogens with one attached hydrogen (secondary N) is 3. The van der Waals surface area contributed by atoms with E-state index >= 15 is 8.78 Å². The number of ether oxygens (including phenoxy) is 2. The highest BCUT2D eigenvalue weighted by Gasteiger charge is 2.45. The molecule has 5 N–H and O–H groups in total. The number of aliphatic hydroxyl groups is 2. The molecule has 1 saturated heterocycles. The van der Waals surface area contributed by atoms with Crippen LogP contribution in [0.15, 0.2) is 66.2 Å². The van der Waals surface area contributed by atoms with Gasteiger partial charge in [0.1, 0.15) is 42.7 Å². The van der Waals surface area contributed by atoms with Crippen LogP contribution in [0.4, 0.5) is 17.6 Å². The Bertz CT molecular complexity index is 2580. The van der Waals surface area contributed by atoms with Gasteiger partial charge in [-0.3, -0.25) is 19.3 Å². The number of aliphatic hydroxyl groups excluding tert-OH is 2. The van der Waals surface area contributed by atoms with Gasteiger partial charge in [0, 0.05) is 66.5 Å². The summed E-state index contributed by atoms with van der Waals surface area (Å²) in [5, 5.41) is 26.5. The molecule has 7 rings (SSSR count). The predicted octanol–water partition coefficient (Wildman–Crippen LogP) is 8.00. The molecule has 2 aliphatic rings. The number of alkyl halides is 2. The third-order valence-corrected chi connectivity index (χ3v) is 14.1. The molecule has 0 aliphatic carbocycles. The number of para-hydroxylation sites is 1. The molecule has 3 aromatic carbocycles. The Labute approximate surface area is 410 Å². The fourth-order valence-corrected chi connectivity index (χ4v) is 10.3. The molecule has 0 saturated carbocycles. The first-order valence-corrected chi connectivity index (χ1v) is 24.8. The summed E-state index contributed by atoms with van der Waals surface area (Å²) >= 11 is 1.56. The van der Waals surface area contributed by atoms with Crippen molar-refractivity contribution >= 4 is 40.0 Å². The molecule has 4 heterocycles. The van der Waals surface area contributed by atoms with Gasteiger partial charge in [-0.2, -0.15) is 0 Å². The fourth-order valence-electron chi connectivity index (χ4n) is 9.46.